The van der Waals surface area contributed by atoms with Crippen LogP contribution in [0.25, 0.3) is 0 Å². The molecule has 0 spiro atoms. The molecule has 1 amide bonds. The van der Waals surface area contributed by atoms with Crippen LogP contribution >= 0.6 is 11.6 Å². The molecule has 2 N–H and O–H groups in total. The SMILES string of the molecule is Cc1c(Cl)cccc1NC(=O)c1n[nH]c(C(C)(C)C)n1. The molecule has 0 unspecified atom stereocenters. The third-order valence-electron chi connectivity index (χ3n) is 2.91. The fourth-order valence-corrected chi connectivity index (χ4v) is 1.79. The smallest absolute Gasteiger partial charge is 0.295 e. The molecule has 1 heterocycles. The van der Waals surface area contributed by atoms with Crippen molar-refractivity contribution in [1.29, 1.82) is 0 Å². The Morgan fingerprint density at radius 2 is 2.05 bits per heavy atom. The third kappa shape index (κ3) is 2.99. The number of nitrogens with one attached hydrogen (secondary N) is 2. The van der Waals surface area contributed by atoms with Crippen molar-refractivity contribution in [3.05, 3.63) is 40.4 Å². The Hall–Kier alpha value is -1.88. The van der Waals surface area contributed by atoms with Gasteiger partial charge in [-0.15, -0.1) is 5.10 Å². The van der Waals surface area contributed by atoms with Crippen molar-refractivity contribution in [2.24, 2.45) is 0 Å². The average Bonchev–Trinajstić information content (AvgIpc) is 2.84. The number of hydrogen-bond donors (Lipinski definition) is 2. The first kappa shape index (κ1) is 14.5. The maximum absolute atomic E-state index is 12.1. The van der Waals surface area contributed by atoms with Gasteiger partial charge >= 0.3 is 0 Å². The highest BCUT2D eigenvalue weighted by molar-refractivity contribution is 6.31. The largest absolute Gasteiger partial charge is 0.319 e. The first-order chi connectivity index (χ1) is 9.29. The maximum Gasteiger partial charge on any atom is 0.295 e. The second-order valence-electron chi connectivity index (χ2n) is 5.62. The molecule has 0 bridgehead atoms. The van der Waals surface area contributed by atoms with Gasteiger partial charge < -0.3 is 5.32 Å². The van der Waals surface area contributed by atoms with Crippen LogP contribution in [0.1, 0.15) is 42.8 Å². The number of hydrogen-bond acceptors (Lipinski definition) is 3. The number of H-pyrrole nitrogens is 1. The van der Waals surface area contributed by atoms with Crippen molar-refractivity contribution >= 4 is 23.2 Å². The summed E-state index contributed by atoms with van der Waals surface area (Å²) in [6, 6.07) is 5.34. The summed E-state index contributed by atoms with van der Waals surface area (Å²) in [5.74, 6) is 0.432. The summed E-state index contributed by atoms with van der Waals surface area (Å²) in [5.41, 5.74) is 1.29. The van der Waals surface area contributed by atoms with Gasteiger partial charge in [-0.25, -0.2) is 4.98 Å². The molecule has 1 aromatic heterocycles. The van der Waals surface area contributed by atoms with E-state index in [2.05, 4.69) is 20.5 Å². The van der Waals surface area contributed by atoms with Crippen LogP contribution in [0.4, 0.5) is 5.69 Å². The Kier molecular flexibility index (Phi) is 3.81. The van der Waals surface area contributed by atoms with Crippen molar-refractivity contribution in [1.82, 2.24) is 15.2 Å². The molecular formula is C14H17ClN4O. The number of nitrogens with zero attached hydrogens (tertiary/aromatic N) is 2. The summed E-state index contributed by atoms with van der Waals surface area (Å²) in [4.78, 5) is 16.3. The van der Waals surface area contributed by atoms with E-state index < -0.39 is 0 Å². The van der Waals surface area contributed by atoms with Gasteiger partial charge in [0.05, 0.1) is 0 Å². The summed E-state index contributed by atoms with van der Waals surface area (Å²) < 4.78 is 0. The highest BCUT2D eigenvalue weighted by Gasteiger charge is 2.21. The number of aromatic amines is 1. The molecule has 6 heteroatoms. The van der Waals surface area contributed by atoms with E-state index in [4.69, 9.17) is 11.6 Å². The molecule has 0 radical (unpaired) electrons. The van der Waals surface area contributed by atoms with Crippen molar-refractivity contribution in [2.75, 3.05) is 5.32 Å². The highest BCUT2D eigenvalue weighted by atomic mass is 35.5. The Labute approximate surface area is 122 Å². The summed E-state index contributed by atoms with van der Waals surface area (Å²) in [5, 5.41) is 10.1. The van der Waals surface area contributed by atoms with Gasteiger partial charge in [0.1, 0.15) is 5.82 Å². The van der Waals surface area contributed by atoms with Crippen molar-refractivity contribution in [2.45, 2.75) is 33.1 Å². The molecule has 2 aromatic rings. The molecule has 0 saturated heterocycles. The zero-order valence-corrected chi connectivity index (χ0v) is 12.7. The van der Waals surface area contributed by atoms with Crippen molar-refractivity contribution < 1.29 is 4.79 Å². The molecule has 2 rings (SSSR count). The Bertz CT molecular complexity index is 643. The molecule has 5 nitrogen and oxygen atoms in total. The van der Waals surface area contributed by atoms with E-state index in [0.717, 1.165) is 5.56 Å². The third-order valence-corrected chi connectivity index (χ3v) is 3.32. The van der Waals surface area contributed by atoms with Gasteiger partial charge in [-0.3, -0.25) is 9.89 Å². The molecule has 106 valence electrons. The van der Waals surface area contributed by atoms with Gasteiger partial charge in [-0.05, 0) is 24.6 Å². The fraction of sp³-hybridized carbons (Fsp3) is 0.357. The zero-order valence-electron chi connectivity index (χ0n) is 11.9. The Balaban J connectivity index is 2.20. The minimum Gasteiger partial charge on any atom is -0.319 e. The predicted octanol–water partition coefficient (Wildman–Crippen LogP) is 3.32. The molecule has 0 aliphatic rings. The standard InChI is InChI=1S/C14H17ClN4O/c1-8-9(15)6-5-7-10(8)16-12(20)11-17-13(19-18-11)14(2,3)4/h5-7H,1-4H3,(H,16,20)(H,17,18,19). The maximum atomic E-state index is 12.1. The van der Waals surface area contributed by atoms with Crippen LogP contribution in [0, 0.1) is 6.92 Å². The van der Waals surface area contributed by atoms with Gasteiger partial charge in [-0.1, -0.05) is 38.4 Å². The van der Waals surface area contributed by atoms with Gasteiger partial charge in [0.2, 0.25) is 5.82 Å². The molecular weight excluding hydrogens is 276 g/mol. The van der Waals surface area contributed by atoms with E-state index in [9.17, 15) is 4.79 Å². The predicted molar refractivity (Wildman–Crippen MR) is 79.2 cm³/mol. The minimum absolute atomic E-state index is 0.120. The molecule has 0 atom stereocenters. The first-order valence-electron chi connectivity index (χ1n) is 6.28. The highest BCUT2D eigenvalue weighted by Crippen LogP contribution is 2.23. The molecule has 0 saturated carbocycles. The summed E-state index contributed by atoms with van der Waals surface area (Å²) in [7, 11) is 0. The van der Waals surface area contributed by atoms with Crippen LogP contribution in [0.3, 0.4) is 0 Å². The lowest BCUT2D eigenvalue weighted by molar-refractivity contribution is 0.101. The summed E-state index contributed by atoms with van der Waals surface area (Å²) in [6.45, 7) is 7.83. The fourth-order valence-electron chi connectivity index (χ4n) is 1.62. The number of rotatable bonds is 2. The number of carbonyl (C=O) groups excluding carboxylic acids is 1. The van der Waals surface area contributed by atoms with Crippen LogP contribution in [0.5, 0.6) is 0 Å². The number of halogens is 1. The van der Waals surface area contributed by atoms with E-state index in [0.29, 0.717) is 16.5 Å². The number of amides is 1. The van der Waals surface area contributed by atoms with Gasteiger partial charge in [0.25, 0.3) is 5.91 Å². The Morgan fingerprint density at radius 3 is 2.65 bits per heavy atom. The lowest BCUT2D eigenvalue weighted by atomic mass is 9.96. The van der Waals surface area contributed by atoms with Crippen molar-refractivity contribution in [3.8, 4) is 0 Å². The van der Waals surface area contributed by atoms with Crippen LogP contribution < -0.4 is 5.32 Å². The van der Waals surface area contributed by atoms with Gasteiger partial charge in [-0.2, -0.15) is 0 Å². The topological polar surface area (TPSA) is 70.7 Å². The molecule has 0 aliphatic heterocycles. The number of carbonyl (C=O) groups is 1. The average molecular weight is 293 g/mol. The number of anilines is 1. The monoisotopic (exact) mass is 292 g/mol. The van der Waals surface area contributed by atoms with Crippen LogP contribution in [0.15, 0.2) is 18.2 Å². The van der Waals surface area contributed by atoms with Crippen LogP contribution in [0.2, 0.25) is 5.02 Å². The number of benzene rings is 1. The van der Waals surface area contributed by atoms with Crippen LogP contribution in [-0.2, 0) is 5.41 Å². The second kappa shape index (κ2) is 5.25. The van der Waals surface area contributed by atoms with E-state index >= 15 is 0 Å². The summed E-state index contributed by atoms with van der Waals surface area (Å²) in [6.07, 6.45) is 0. The minimum atomic E-state index is -0.359. The van der Waals surface area contributed by atoms with Crippen LogP contribution in [-0.4, -0.2) is 21.1 Å². The summed E-state index contributed by atoms with van der Waals surface area (Å²) >= 11 is 6.02. The first-order valence-corrected chi connectivity index (χ1v) is 6.66. The van der Waals surface area contributed by atoms with E-state index in [1.807, 2.05) is 27.7 Å². The lowest BCUT2D eigenvalue weighted by Gasteiger charge is -2.12. The number of aromatic nitrogens is 3. The zero-order chi connectivity index (χ0) is 14.9. The van der Waals surface area contributed by atoms with Gasteiger partial charge in [0.15, 0.2) is 0 Å². The van der Waals surface area contributed by atoms with E-state index in [1.165, 1.54) is 0 Å². The molecule has 0 aliphatic carbocycles. The Morgan fingerprint density at radius 1 is 1.35 bits per heavy atom. The van der Waals surface area contributed by atoms with E-state index in [1.54, 1.807) is 18.2 Å². The molecule has 20 heavy (non-hydrogen) atoms. The lowest BCUT2D eigenvalue weighted by Crippen LogP contribution is -2.16. The van der Waals surface area contributed by atoms with Crippen molar-refractivity contribution in [3.63, 3.8) is 0 Å². The second-order valence-corrected chi connectivity index (χ2v) is 6.03. The van der Waals surface area contributed by atoms with Gasteiger partial charge in [0, 0.05) is 16.1 Å². The van der Waals surface area contributed by atoms with E-state index in [-0.39, 0.29) is 17.1 Å². The quantitative estimate of drug-likeness (QED) is 0.892. The normalized spacial score (nSPS) is 11.4. The molecule has 1 aromatic carbocycles. The molecule has 0 fully saturated rings.